The predicted octanol–water partition coefficient (Wildman–Crippen LogP) is 4.02. The molecule has 32 heavy (non-hydrogen) atoms. The number of nitriles is 1. The molecule has 1 heterocycles. The molecule has 1 saturated heterocycles. The fraction of sp³-hybridized carbons (Fsp3) is 0.423. The van der Waals surface area contributed by atoms with Crippen molar-refractivity contribution in [1.29, 1.82) is 5.26 Å². The van der Waals surface area contributed by atoms with Crippen LogP contribution in [0.15, 0.2) is 48.5 Å². The lowest BCUT2D eigenvalue weighted by Gasteiger charge is -2.32. The van der Waals surface area contributed by atoms with Crippen molar-refractivity contribution in [3.05, 3.63) is 70.8 Å². The van der Waals surface area contributed by atoms with E-state index in [0.717, 1.165) is 32.2 Å². The van der Waals surface area contributed by atoms with E-state index >= 15 is 0 Å². The highest BCUT2D eigenvalue weighted by atomic mass is 16.4. The van der Waals surface area contributed by atoms with E-state index in [1.54, 1.807) is 0 Å². The molecule has 2 aromatic carbocycles. The minimum atomic E-state index is -1.82. The smallest absolute Gasteiger partial charge is 0.414 e. The average molecular weight is 435 g/mol. The molecule has 6 heteroatoms. The highest BCUT2D eigenvalue weighted by molar-refractivity contribution is 6.27. The third-order valence-electron chi connectivity index (χ3n) is 6.47. The second-order valence-corrected chi connectivity index (χ2v) is 8.45. The van der Waals surface area contributed by atoms with Crippen LogP contribution >= 0.6 is 0 Å². The van der Waals surface area contributed by atoms with Crippen molar-refractivity contribution in [2.24, 2.45) is 0 Å². The molecule has 0 spiro atoms. The Morgan fingerprint density at radius 3 is 1.84 bits per heavy atom. The van der Waals surface area contributed by atoms with Gasteiger partial charge in [0, 0.05) is 0 Å². The summed E-state index contributed by atoms with van der Waals surface area (Å²) in [6, 6.07) is 20.1. The van der Waals surface area contributed by atoms with Crippen molar-refractivity contribution in [3.8, 4) is 6.07 Å². The molecule has 2 aromatic rings. The summed E-state index contributed by atoms with van der Waals surface area (Å²) in [5.41, 5.74) is 4.68. The quantitative estimate of drug-likeness (QED) is 0.705. The number of aliphatic carboxylic acids is 2. The Labute approximate surface area is 189 Å². The normalized spacial score (nSPS) is 16.8. The van der Waals surface area contributed by atoms with Crippen molar-refractivity contribution in [2.75, 3.05) is 19.6 Å². The fourth-order valence-electron chi connectivity index (χ4n) is 4.92. The number of hydrogen-bond donors (Lipinski definition) is 2. The molecule has 1 aliphatic carbocycles. The van der Waals surface area contributed by atoms with E-state index < -0.39 is 17.4 Å². The van der Waals surface area contributed by atoms with Gasteiger partial charge in [0.05, 0.1) is 6.07 Å². The first-order valence-corrected chi connectivity index (χ1v) is 11.2. The number of fused-ring (bicyclic) bond motifs is 2. The van der Waals surface area contributed by atoms with E-state index in [-0.39, 0.29) is 0 Å². The van der Waals surface area contributed by atoms with Gasteiger partial charge in [0.1, 0.15) is 5.41 Å². The van der Waals surface area contributed by atoms with Gasteiger partial charge in [-0.15, -0.1) is 0 Å². The minimum Gasteiger partial charge on any atom is -0.473 e. The zero-order valence-electron chi connectivity index (χ0n) is 18.3. The van der Waals surface area contributed by atoms with Crippen LogP contribution in [0.4, 0.5) is 0 Å². The molecule has 0 amide bonds. The molecule has 1 aliphatic heterocycles. The van der Waals surface area contributed by atoms with Gasteiger partial charge in [0.25, 0.3) is 0 Å². The number of nitrogens with zero attached hydrogens (tertiary/aromatic N) is 2. The van der Waals surface area contributed by atoms with E-state index in [1.807, 2.05) is 0 Å². The maximum atomic E-state index is 10.4. The van der Waals surface area contributed by atoms with E-state index in [2.05, 4.69) is 59.5 Å². The number of likely N-dealkylation sites (tertiary alicyclic amines) is 1. The molecule has 168 valence electrons. The number of carboxylic acids is 2. The maximum Gasteiger partial charge on any atom is 0.414 e. The van der Waals surface area contributed by atoms with E-state index in [1.165, 1.54) is 54.6 Å². The number of hydrogen-bond acceptors (Lipinski definition) is 4. The topological polar surface area (TPSA) is 102 Å². The van der Waals surface area contributed by atoms with Gasteiger partial charge in [0.15, 0.2) is 0 Å². The van der Waals surface area contributed by atoms with Crippen LogP contribution in [-0.4, -0.2) is 46.7 Å². The van der Waals surface area contributed by atoms with E-state index in [0.29, 0.717) is 0 Å². The number of benzene rings is 2. The molecule has 0 radical (unpaired) electrons. The monoisotopic (exact) mass is 434 g/mol. The van der Waals surface area contributed by atoms with Crippen LogP contribution in [0.5, 0.6) is 0 Å². The molecule has 0 aromatic heterocycles. The van der Waals surface area contributed by atoms with Crippen molar-refractivity contribution in [2.45, 2.75) is 50.4 Å². The van der Waals surface area contributed by atoms with Gasteiger partial charge < -0.3 is 15.1 Å². The lowest BCUT2D eigenvalue weighted by molar-refractivity contribution is -0.159. The van der Waals surface area contributed by atoms with Crippen LogP contribution in [0.3, 0.4) is 0 Å². The second kappa shape index (κ2) is 10.9. The molecule has 2 aliphatic rings. The number of carboxylic acid groups (broad SMARTS) is 2. The van der Waals surface area contributed by atoms with Crippen LogP contribution in [0.1, 0.15) is 54.4 Å². The second-order valence-electron chi connectivity index (χ2n) is 8.45. The Morgan fingerprint density at radius 2 is 1.38 bits per heavy atom. The lowest BCUT2D eigenvalue weighted by atomic mass is 9.70. The molecular weight excluding hydrogens is 404 g/mol. The molecule has 4 rings (SSSR count). The lowest BCUT2D eigenvalue weighted by Crippen LogP contribution is -2.33. The molecule has 0 atom stereocenters. The summed E-state index contributed by atoms with van der Waals surface area (Å²) < 4.78 is 0. The molecule has 2 N–H and O–H groups in total. The number of rotatable bonds is 4. The summed E-state index contributed by atoms with van der Waals surface area (Å²) in [6.45, 7) is 3.58. The Hall–Kier alpha value is -3.17. The first kappa shape index (κ1) is 23.5. The molecule has 0 unspecified atom stereocenters. The summed E-state index contributed by atoms with van der Waals surface area (Å²) in [5, 5.41) is 25.2. The van der Waals surface area contributed by atoms with Crippen molar-refractivity contribution in [1.82, 2.24) is 4.90 Å². The van der Waals surface area contributed by atoms with Crippen LogP contribution < -0.4 is 0 Å². The van der Waals surface area contributed by atoms with Gasteiger partial charge in [-0.1, -0.05) is 55.0 Å². The Morgan fingerprint density at radius 1 is 0.875 bits per heavy atom. The van der Waals surface area contributed by atoms with Gasteiger partial charge in [-0.3, -0.25) is 0 Å². The SMILES string of the molecule is N#CC1(CCCN2CCCCC2)c2ccccc2CCc2ccccc21.O=C(O)C(=O)O. The summed E-state index contributed by atoms with van der Waals surface area (Å²) in [4.78, 5) is 20.8. The highest BCUT2D eigenvalue weighted by Gasteiger charge is 2.39. The van der Waals surface area contributed by atoms with Crippen LogP contribution in [0.25, 0.3) is 0 Å². The third-order valence-corrected chi connectivity index (χ3v) is 6.47. The summed E-state index contributed by atoms with van der Waals surface area (Å²) in [6.07, 6.45) is 8.08. The van der Waals surface area contributed by atoms with Crippen LogP contribution in [0, 0.1) is 11.3 Å². The first-order valence-electron chi connectivity index (χ1n) is 11.2. The molecule has 0 bridgehead atoms. The predicted molar refractivity (Wildman–Crippen MR) is 121 cm³/mol. The molecule has 1 fully saturated rings. The van der Waals surface area contributed by atoms with Gasteiger partial charge in [0.2, 0.25) is 0 Å². The zero-order chi connectivity index (χ0) is 23.0. The Balaban J connectivity index is 0.000000427. The minimum absolute atomic E-state index is 0.501. The van der Waals surface area contributed by atoms with Gasteiger partial charge in [-0.05, 0) is 80.4 Å². The van der Waals surface area contributed by atoms with Crippen LogP contribution in [-0.2, 0) is 27.8 Å². The fourth-order valence-corrected chi connectivity index (χ4v) is 4.92. The molecular formula is C26H30N2O4. The van der Waals surface area contributed by atoms with Crippen molar-refractivity contribution < 1.29 is 19.8 Å². The number of aryl methyl sites for hydroxylation is 2. The standard InChI is InChI=1S/C24H28N2.C2H2O4/c25-19-24(15-8-18-26-16-6-1-7-17-26)22-11-4-2-9-20(22)13-14-21-10-3-5-12-23(21)24;3-1(4)2(5)6/h2-5,9-12H,1,6-8,13-18H2;(H,3,4)(H,5,6). The third kappa shape index (κ3) is 5.35. The molecule has 0 saturated carbocycles. The summed E-state index contributed by atoms with van der Waals surface area (Å²) >= 11 is 0. The Kier molecular flexibility index (Phi) is 8.02. The zero-order valence-corrected chi connectivity index (χ0v) is 18.3. The maximum absolute atomic E-state index is 10.4. The van der Waals surface area contributed by atoms with Gasteiger partial charge in [-0.2, -0.15) is 5.26 Å². The largest absolute Gasteiger partial charge is 0.473 e. The number of piperidine rings is 1. The Bertz CT molecular complexity index is 930. The van der Waals surface area contributed by atoms with Gasteiger partial charge in [-0.25, -0.2) is 9.59 Å². The first-order chi connectivity index (χ1) is 15.5. The average Bonchev–Trinajstić information content (AvgIpc) is 2.96. The summed E-state index contributed by atoms with van der Waals surface area (Å²) in [5.74, 6) is -3.65. The highest BCUT2D eigenvalue weighted by Crippen LogP contribution is 2.42. The summed E-state index contributed by atoms with van der Waals surface area (Å²) in [7, 11) is 0. The molecule has 6 nitrogen and oxygen atoms in total. The van der Waals surface area contributed by atoms with E-state index in [9.17, 15) is 5.26 Å². The van der Waals surface area contributed by atoms with Gasteiger partial charge >= 0.3 is 11.9 Å². The van der Waals surface area contributed by atoms with Crippen molar-refractivity contribution >= 4 is 11.9 Å². The number of carbonyl (C=O) groups is 2. The van der Waals surface area contributed by atoms with E-state index in [4.69, 9.17) is 19.8 Å². The van der Waals surface area contributed by atoms with Crippen molar-refractivity contribution in [3.63, 3.8) is 0 Å². The van der Waals surface area contributed by atoms with Crippen LogP contribution in [0.2, 0.25) is 0 Å².